The van der Waals surface area contributed by atoms with E-state index in [2.05, 4.69) is 25.4 Å². The molecule has 28 heavy (non-hydrogen) atoms. The highest BCUT2D eigenvalue weighted by atomic mass is 16.1. The van der Waals surface area contributed by atoms with Crippen LogP contribution >= 0.6 is 0 Å². The van der Waals surface area contributed by atoms with Gasteiger partial charge in [0.05, 0.1) is 0 Å². The van der Waals surface area contributed by atoms with E-state index < -0.39 is 0 Å². The van der Waals surface area contributed by atoms with Crippen LogP contribution in [0.5, 0.6) is 0 Å². The number of nitrogens with one attached hydrogen (secondary N) is 2. The molecular weight excluding hydrogens is 350 g/mol. The number of hydrogen-bond donors (Lipinski definition) is 2. The third kappa shape index (κ3) is 4.17. The number of guanidine groups is 1. The van der Waals surface area contributed by atoms with E-state index >= 15 is 0 Å². The van der Waals surface area contributed by atoms with Crippen molar-refractivity contribution in [2.75, 3.05) is 46.3 Å². The number of piperidine rings is 2. The van der Waals surface area contributed by atoms with Crippen LogP contribution in [0.4, 0.5) is 0 Å². The highest BCUT2D eigenvalue weighted by molar-refractivity contribution is 5.81. The lowest BCUT2D eigenvalue weighted by Gasteiger charge is -2.49. The molecule has 6 nitrogen and oxygen atoms in total. The van der Waals surface area contributed by atoms with Gasteiger partial charge >= 0.3 is 0 Å². The Morgan fingerprint density at radius 2 is 1.79 bits per heavy atom. The first-order valence-corrected chi connectivity index (χ1v) is 11.6. The summed E-state index contributed by atoms with van der Waals surface area (Å²) in [6, 6.07) is 0. The lowest BCUT2D eigenvalue weighted by atomic mass is 9.78. The van der Waals surface area contributed by atoms with Crippen molar-refractivity contribution in [2.45, 2.75) is 76.2 Å². The van der Waals surface area contributed by atoms with Crippen LogP contribution in [-0.2, 0) is 4.79 Å². The summed E-state index contributed by atoms with van der Waals surface area (Å²) in [5.74, 6) is 1.26. The van der Waals surface area contributed by atoms with Gasteiger partial charge in [-0.1, -0.05) is 25.7 Å². The molecule has 0 bridgehead atoms. The summed E-state index contributed by atoms with van der Waals surface area (Å²) >= 11 is 0. The predicted molar refractivity (Wildman–Crippen MR) is 113 cm³/mol. The number of carbonyl (C=O) groups excluding carboxylic acids is 1. The van der Waals surface area contributed by atoms with Crippen LogP contribution in [-0.4, -0.2) is 73.5 Å². The molecule has 0 aromatic rings. The summed E-state index contributed by atoms with van der Waals surface area (Å²) in [6.45, 7) is 6.37. The molecule has 0 aromatic carbocycles. The van der Waals surface area contributed by atoms with Crippen LogP contribution < -0.4 is 10.6 Å². The SMILES string of the molecule is CN=C(NCC1(N2CCCCC2)CCCCC1)N1CCCC2(CNC(=O)C2)C1. The second-order valence-corrected chi connectivity index (χ2v) is 9.71. The molecule has 1 aliphatic carbocycles. The summed E-state index contributed by atoms with van der Waals surface area (Å²) in [6.07, 6.45) is 13.8. The van der Waals surface area contributed by atoms with Crippen LogP contribution in [0.1, 0.15) is 70.6 Å². The Labute approximate surface area is 170 Å². The standard InChI is InChI=1S/C22H39N5O/c1-23-20(26-12-8-9-21(18-26)15-19(28)24-16-21)25-17-22(10-4-2-5-11-22)27-13-6-3-7-14-27/h2-18H2,1H3,(H,23,25)(H,24,28). The average Bonchev–Trinajstić information content (AvgIpc) is 3.09. The van der Waals surface area contributed by atoms with Gasteiger partial charge in [0.2, 0.25) is 5.91 Å². The van der Waals surface area contributed by atoms with E-state index in [4.69, 9.17) is 0 Å². The third-order valence-corrected chi connectivity index (χ3v) is 7.76. The van der Waals surface area contributed by atoms with Crippen molar-refractivity contribution in [3.8, 4) is 0 Å². The lowest BCUT2D eigenvalue weighted by Crippen LogP contribution is -2.60. The topological polar surface area (TPSA) is 60.0 Å². The highest BCUT2D eigenvalue weighted by Gasteiger charge is 2.43. The van der Waals surface area contributed by atoms with Gasteiger partial charge in [-0.15, -0.1) is 0 Å². The van der Waals surface area contributed by atoms with E-state index in [1.165, 1.54) is 64.5 Å². The molecule has 3 aliphatic heterocycles. The van der Waals surface area contributed by atoms with Gasteiger partial charge < -0.3 is 15.5 Å². The molecular formula is C22H39N5O. The van der Waals surface area contributed by atoms with Crippen molar-refractivity contribution < 1.29 is 4.79 Å². The van der Waals surface area contributed by atoms with E-state index in [9.17, 15) is 4.79 Å². The number of rotatable bonds is 3. The van der Waals surface area contributed by atoms with Crippen LogP contribution in [0, 0.1) is 5.41 Å². The van der Waals surface area contributed by atoms with Crippen LogP contribution in [0.15, 0.2) is 4.99 Å². The molecule has 0 aromatic heterocycles. The first-order valence-electron chi connectivity index (χ1n) is 11.6. The Balaban J connectivity index is 1.41. The van der Waals surface area contributed by atoms with Crippen molar-refractivity contribution in [1.82, 2.24) is 20.4 Å². The number of aliphatic imine (C=N–C) groups is 1. The van der Waals surface area contributed by atoms with Gasteiger partial charge in [0, 0.05) is 50.6 Å². The van der Waals surface area contributed by atoms with Gasteiger partial charge in [0.1, 0.15) is 0 Å². The maximum absolute atomic E-state index is 11.8. The van der Waals surface area contributed by atoms with Crippen molar-refractivity contribution in [1.29, 1.82) is 0 Å². The molecule has 3 heterocycles. The minimum Gasteiger partial charge on any atom is -0.355 e. The van der Waals surface area contributed by atoms with Gasteiger partial charge in [-0.3, -0.25) is 14.7 Å². The van der Waals surface area contributed by atoms with E-state index in [0.29, 0.717) is 12.0 Å². The quantitative estimate of drug-likeness (QED) is 0.575. The van der Waals surface area contributed by atoms with E-state index in [1.807, 2.05) is 7.05 Å². The molecule has 4 aliphatic rings. The van der Waals surface area contributed by atoms with E-state index in [-0.39, 0.29) is 11.3 Å². The lowest BCUT2D eigenvalue weighted by molar-refractivity contribution is -0.119. The Morgan fingerprint density at radius 1 is 1.04 bits per heavy atom. The molecule has 1 spiro atoms. The third-order valence-electron chi connectivity index (χ3n) is 7.76. The minimum atomic E-state index is 0.113. The van der Waals surface area contributed by atoms with Gasteiger partial charge in [-0.2, -0.15) is 0 Å². The fourth-order valence-corrected chi connectivity index (χ4v) is 6.19. The zero-order chi connectivity index (χ0) is 19.5. The number of likely N-dealkylation sites (tertiary alicyclic amines) is 2. The van der Waals surface area contributed by atoms with Crippen LogP contribution in [0.3, 0.4) is 0 Å². The number of amides is 1. The molecule has 1 atom stereocenters. The summed E-state index contributed by atoms with van der Waals surface area (Å²) in [5.41, 5.74) is 0.426. The Hall–Kier alpha value is -1.30. The van der Waals surface area contributed by atoms with Crippen LogP contribution in [0.25, 0.3) is 0 Å². The zero-order valence-electron chi connectivity index (χ0n) is 17.8. The van der Waals surface area contributed by atoms with Crippen molar-refractivity contribution in [2.24, 2.45) is 10.4 Å². The molecule has 0 radical (unpaired) electrons. The summed E-state index contributed by atoms with van der Waals surface area (Å²) in [7, 11) is 1.91. The number of nitrogens with zero attached hydrogens (tertiary/aromatic N) is 3. The van der Waals surface area contributed by atoms with E-state index in [0.717, 1.165) is 45.0 Å². The Morgan fingerprint density at radius 3 is 2.46 bits per heavy atom. The van der Waals surface area contributed by atoms with Gasteiger partial charge in [0.15, 0.2) is 5.96 Å². The highest BCUT2D eigenvalue weighted by Crippen LogP contribution is 2.37. The van der Waals surface area contributed by atoms with Crippen molar-refractivity contribution in [3.05, 3.63) is 0 Å². The normalized spacial score (nSPS) is 31.8. The summed E-state index contributed by atoms with van der Waals surface area (Å²) < 4.78 is 0. The smallest absolute Gasteiger partial charge is 0.220 e. The molecule has 4 fully saturated rings. The Kier molecular flexibility index (Phi) is 6.14. The molecule has 158 valence electrons. The predicted octanol–water partition coefficient (Wildman–Crippen LogP) is 2.35. The molecule has 2 N–H and O–H groups in total. The van der Waals surface area contributed by atoms with Gasteiger partial charge in [-0.25, -0.2) is 0 Å². The molecule has 3 saturated heterocycles. The maximum Gasteiger partial charge on any atom is 0.220 e. The first kappa shape index (κ1) is 20.0. The molecule has 1 unspecified atom stereocenters. The fraction of sp³-hybridized carbons (Fsp3) is 0.909. The summed E-state index contributed by atoms with van der Waals surface area (Å²) in [4.78, 5) is 21.7. The summed E-state index contributed by atoms with van der Waals surface area (Å²) in [5, 5.41) is 6.85. The average molecular weight is 390 g/mol. The van der Waals surface area contributed by atoms with Crippen molar-refractivity contribution in [3.63, 3.8) is 0 Å². The van der Waals surface area contributed by atoms with Gasteiger partial charge in [-0.05, 0) is 51.6 Å². The second kappa shape index (κ2) is 8.60. The largest absolute Gasteiger partial charge is 0.355 e. The monoisotopic (exact) mass is 389 g/mol. The van der Waals surface area contributed by atoms with E-state index in [1.54, 1.807) is 0 Å². The molecule has 1 amide bonds. The van der Waals surface area contributed by atoms with Gasteiger partial charge in [0.25, 0.3) is 0 Å². The Bertz CT molecular complexity index is 579. The number of carbonyl (C=O) groups is 1. The maximum atomic E-state index is 11.8. The fourth-order valence-electron chi connectivity index (χ4n) is 6.19. The van der Waals surface area contributed by atoms with Crippen LogP contribution in [0.2, 0.25) is 0 Å². The zero-order valence-corrected chi connectivity index (χ0v) is 17.8. The number of hydrogen-bond acceptors (Lipinski definition) is 3. The van der Waals surface area contributed by atoms with Crippen molar-refractivity contribution >= 4 is 11.9 Å². The molecule has 4 rings (SSSR count). The second-order valence-electron chi connectivity index (χ2n) is 9.71. The first-order chi connectivity index (χ1) is 13.6. The molecule has 6 heteroatoms. The minimum absolute atomic E-state index is 0.113. The molecule has 1 saturated carbocycles.